The molecule has 1 saturated heterocycles. The average molecular weight is 555 g/mol. The smallest absolute Gasteiger partial charge is 0.412 e. The van der Waals surface area contributed by atoms with E-state index in [0.717, 1.165) is 50.4 Å². The van der Waals surface area contributed by atoms with Gasteiger partial charge in [-0.15, -0.1) is 0 Å². The van der Waals surface area contributed by atoms with E-state index in [1.807, 2.05) is 48.5 Å². The minimum Gasteiger partial charge on any atom is -0.455 e. The second-order valence-electron chi connectivity index (χ2n) is 9.98. The molecule has 0 bridgehead atoms. The third-order valence-electron chi connectivity index (χ3n) is 7.35. The molecule has 3 aromatic carbocycles. The molecule has 5 rings (SSSR count). The van der Waals surface area contributed by atoms with E-state index >= 15 is 0 Å². The highest BCUT2D eigenvalue weighted by molar-refractivity contribution is 6.05. The molecule has 2 amide bonds. The Bertz CT molecular complexity index is 1590. The molecule has 2 N–H and O–H groups in total. The normalized spacial score (nSPS) is 13.7. The van der Waals surface area contributed by atoms with E-state index in [0.29, 0.717) is 40.2 Å². The molecule has 1 aliphatic heterocycles. The molecule has 0 unspecified atom stereocenters. The predicted molar refractivity (Wildman–Crippen MR) is 160 cm³/mol. The van der Waals surface area contributed by atoms with Crippen molar-refractivity contribution in [3.63, 3.8) is 0 Å². The summed E-state index contributed by atoms with van der Waals surface area (Å²) in [5, 5.41) is 5.88. The quantitative estimate of drug-likeness (QED) is 0.311. The van der Waals surface area contributed by atoms with Crippen molar-refractivity contribution in [1.29, 1.82) is 0 Å². The topological polar surface area (TPSA) is 104 Å². The summed E-state index contributed by atoms with van der Waals surface area (Å²) in [5.41, 5.74) is 2.72. The van der Waals surface area contributed by atoms with Gasteiger partial charge in [-0.3, -0.25) is 14.5 Å². The molecule has 9 heteroatoms. The maximum Gasteiger partial charge on any atom is 0.412 e. The molecule has 0 saturated carbocycles. The fraction of sp³-hybridized carbons (Fsp3) is 0.281. The number of carbonyl (C=O) groups excluding carboxylic acids is 2. The summed E-state index contributed by atoms with van der Waals surface area (Å²) in [6.45, 7) is 6.41. The summed E-state index contributed by atoms with van der Waals surface area (Å²) in [6, 6.07) is 22.1. The van der Waals surface area contributed by atoms with Crippen LogP contribution in [-0.4, -0.2) is 63.2 Å². The van der Waals surface area contributed by atoms with Crippen LogP contribution in [0.25, 0.3) is 22.3 Å². The first kappa shape index (κ1) is 27.9. The molecule has 0 aliphatic carbocycles. The number of nitrogens with zero attached hydrogens (tertiary/aromatic N) is 2. The molecule has 4 aromatic rings. The van der Waals surface area contributed by atoms with E-state index in [2.05, 4.69) is 20.4 Å². The zero-order valence-corrected chi connectivity index (χ0v) is 23.3. The fourth-order valence-electron chi connectivity index (χ4n) is 5.12. The van der Waals surface area contributed by atoms with E-state index in [4.69, 9.17) is 9.15 Å². The van der Waals surface area contributed by atoms with Crippen LogP contribution in [0.15, 0.2) is 82.0 Å². The van der Waals surface area contributed by atoms with E-state index < -0.39 is 6.09 Å². The highest BCUT2D eigenvalue weighted by atomic mass is 16.6. The van der Waals surface area contributed by atoms with Gasteiger partial charge in [0.1, 0.15) is 5.76 Å². The Morgan fingerprint density at radius 3 is 2.41 bits per heavy atom. The lowest BCUT2D eigenvalue weighted by atomic mass is 10.0. The summed E-state index contributed by atoms with van der Waals surface area (Å²) in [5.74, 6) is 0.753. The Balaban J connectivity index is 1.17. The molecule has 41 heavy (non-hydrogen) atoms. The van der Waals surface area contributed by atoms with Crippen LogP contribution in [0.3, 0.4) is 0 Å². The number of amides is 2. The lowest BCUT2D eigenvalue weighted by Gasteiger charge is -2.36. The van der Waals surface area contributed by atoms with Gasteiger partial charge in [-0.1, -0.05) is 48.5 Å². The number of hydrogen-bond acceptors (Lipinski definition) is 7. The van der Waals surface area contributed by atoms with Gasteiger partial charge in [-0.2, -0.15) is 0 Å². The lowest BCUT2D eigenvalue weighted by Crippen LogP contribution is -2.47. The van der Waals surface area contributed by atoms with Crippen molar-refractivity contribution < 1.29 is 18.7 Å². The third-order valence-corrected chi connectivity index (χ3v) is 7.35. The molecule has 1 aromatic heterocycles. The van der Waals surface area contributed by atoms with E-state index in [9.17, 15) is 14.4 Å². The van der Waals surface area contributed by atoms with Gasteiger partial charge < -0.3 is 24.7 Å². The first-order valence-corrected chi connectivity index (χ1v) is 13.8. The summed E-state index contributed by atoms with van der Waals surface area (Å²) >= 11 is 0. The minimum absolute atomic E-state index is 0.137. The first-order chi connectivity index (χ1) is 20.0. The van der Waals surface area contributed by atoms with Crippen molar-refractivity contribution in [1.82, 2.24) is 15.5 Å². The van der Waals surface area contributed by atoms with Crippen LogP contribution in [0, 0.1) is 6.92 Å². The zero-order valence-electron chi connectivity index (χ0n) is 23.3. The van der Waals surface area contributed by atoms with E-state index in [1.165, 1.54) is 7.05 Å². The third kappa shape index (κ3) is 6.25. The van der Waals surface area contributed by atoms with Crippen molar-refractivity contribution in [2.24, 2.45) is 0 Å². The van der Waals surface area contributed by atoms with E-state index in [1.54, 1.807) is 31.2 Å². The largest absolute Gasteiger partial charge is 0.455 e. The molecule has 1 aliphatic rings. The SMILES string of the molecule is CNC(=O)Oc1ccccc1N1CCN(CCCNC(=O)c2cccc3c(=O)c(C)c(-c4ccccc4)oc23)CC1. The molecule has 0 spiro atoms. The van der Waals surface area contributed by atoms with Crippen LogP contribution in [0.4, 0.5) is 10.5 Å². The monoisotopic (exact) mass is 554 g/mol. The van der Waals surface area contributed by atoms with Gasteiger partial charge in [0.05, 0.1) is 16.6 Å². The summed E-state index contributed by atoms with van der Waals surface area (Å²) in [7, 11) is 1.54. The number of anilines is 1. The Morgan fingerprint density at radius 2 is 1.66 bits per heavy atom. The standard InChI is InChI=1S/C32H34N4O5/c1-22-28(37)24-12-8-13-25(30(24)41-29(22)23-10-4-3-5-11-23)31(38)34-16-9-17-35-18-20-36(21-19-35)26-14-6-7-15-27(26)40-32(39)33-2/h3-8,10-15H,9,16-21H2,1-2H3,(H,33,39)(H,34,38). The molecule has 1 fully saturated rings. The number of rotatable bonds is 8. The van der Waals surface area contributed by atoms with Gasteiger partial charge in [0.25, 0.3) is 5.91 Å². The predicted octanol–water partition coefficient (Wildman–Crippen LogP) is 4.43. The van der Waals surface area contributed by atoms with Gasteiger partial charge >= 0.3 is 6.09 Å². The van der Waals surface area contributed by atoms with Crippen molar-refractivity contribution in [2.75, 3.05) is 51.2 Å². The first-order valence-electron chi connectivity index (χ1n) is 13.8. The minimum atomic E-state index is -0.490. The van der Waals surface area contributed by atoms with Crippen LogP contribution in [0.5, 0.6) is 5.75 Å². The highest BCUT2D eigenvalue weighted by Gasteiger charge is 2.21. The highest BCUT2D eigenvalue weighted by Crippen LogP contribution is 2.29. The molecular weight excluding hydrogens is 520 g/mol. The number of nitrogens with one attached hydrogen (secondary N) is 2. The number of ether oxygens (including phenoxy) is 1. The maximum atomic E-state index is 13.2. The van der Waals surface area contributed by atoms with Crippen molar-refractivity contribution in [3.8, 4) is 17.1 Å². The second kappa shape index (κ2) is 12.7. The Kier molecular flexibility index (Phi) is 8.64. The van der Waals surface area contributed by atoms with Gasteiger partial charge in [-0.25, -0.2) is 4.79 Å². The average Bonchev–Trinajstić information content (AvgIpc) is 3.01. The van der Waals surface area contributed by atoms with Crippen LogP contribution >= 0.6 is 0 Å². The summed E-state index contributed by atoms with van der Waals surface area (Å²) < 4.78 is 11.6. The number of para-hydroxylation sites is 3. The summed E-state index contributed by atoms with van der Waals surface area (Å²) in [6.07, 6.45) is 0.293. The van der Waals surface area contributed by atoms with Crippen LogP contribution in [-0.2, 0) is 0 Å². The Labute approximate surface area is 238 Å². The molecule has 0 radical (unpaired) electrons. The molecular formula is C32H34N4O5. The Morgan fingerprint density at radius 1 is 0.927 bits per heavy atom. The van der Waals surface area contributed by atoms with Gasteiger partial charge in [0, 0.05) is 50.9 Å². The maximum absolute atomic E-state index is 13.2. The summed E-state index contributed by atoms with van der Waals surface area (Å²) in [4.78, 5) is 42.5. The van der Waals surface area contributed by atoms with Crippen LogP contribution < -0.4 is 25.7 Å². The van der Waals surface area contributed by atoms with Crippen molar-refractivity contribution in [3.05, 3.63) is 94.1 Å². The number of piperazine rings is 1. The fourth-order valence-corrected chi connectivity index (χ4v) is 5.12. The van der Waals surface area contributed by atoms with E-state index in [-0.39, 0.29) is 11.3 Å². The van der Waals surface area contributed by atoms with Crippen molar-refractivity contribution >= 4 is 28.7 Å². The lowest BCUT2D eigenvalue weighted by molar-refractivity contribution is 0.0952. The van der Waals surface area contributed by atoms with Gasteiger partial charge in [-0.05, 0) is 44.2 Å². The molecule has 0 atom stereocenters. The van der Waals surface area contributed by atoms with Crippen LogP contribution in [0.1, 0.15) is 22.3 Å². The Hall–Kier alpha value is -4.63. The zero-order chi connectivity index (χ0) is 28.8. The number of carbonyl (C=O) groups is 2. The molecule has 2 heterocycles. The van der Waals surface area contributed by atoms with Crippen LogP contribution in [0.2, 0.25) is 0 Å². The van der Waals surface area contributed by atoms with Gasteiger partial charge in [0.15, 0.2) is 16.8 Å². The molecule has 212 valence electrons. The number of fused-ring (bicyclic) bond motifs is 1. The van der Waals surface area contributed by atoms with Crippen molar-refractivity contribution in [2.45, 2.75) is 13.3 Å². The number of hydrogen-bond donors (Lipinski definition) is 2. The number of benzene rings is 3. The second-order valence-corrected chi connectivity index (χ2v) is 9.98. The van der Waals surface area contributed by atoms with Gasteiger partial charge in [0.2, 0.25) is 0 Å². The molecule has 9 nitrogen and oxygen atoms in total.